The minimum Gasteiger partial charge on any atom is -0.457 e. The standard InChI is InChI=1S/C49H44N2O8S2/c1-48(2)40-29-34(58-44-16-11-10-15-38(44)32-13-8-7-9-14-32)21-26-42(40)50(5)46(48)17-12-18-47-49(3,4)41-30-35(22-27-43(41)51(47)6)59-45-28-25-37(61(55,56)57)31-39(45)33-19-23-36(24-20-33)60(52,53)54/h7-31H,1-6H3,(H-,52,53,54,55,56,57)/p+1. The van der Waals surface area contributed by atoms with E-state index in [1.165, 1.54) is 48.0 Å². The SMILES string of the molecule is CN1/C(=C/C=C/C2=[N+](C)c3ccc(Oc4ccc(S(=O)(=O)O)cc4-c4ccc(S(=O)(=O)O)cc4)cc3C2(C)C)C(C)(C)c2cc(Oc3ccccc3-c3ccccc3)ccc21. The highest BCUT2D eigenvalue weighted by Gasteiger charge is 2.43. The van der Waals surface area contributed by atoms with E-state index in [1.54, 1.807) is 0 Å². The van der Waals surface area contributed by atoms with Crippen molar-refractivity contribution in [3.63, 3.8) is 0 Å². The molecule has 6 aromatic rings. The van der Waals surface area contributed by atoms with E-state index in [0.29, 0.717) is 11.3 Å². The van der Waals surface area contributed by atoms with E-state index >= 15 is 0 Å². The van der Waals surface area contributed by atoms with Gasteiger partial charge in [0.2, 0.25) is 5.69 Å². The van der Waals surface area contributed by atoms with Crippen molar-refractivity contribution in [2.45, 2.75) is 48.3 Å². The van der Waals surface area contributed by atoms with E-state index in [4.69, 9.17) is 9.47 Å². The molecule has 0 saturated carbocycles. The molecule has 2 N–H and O–H groups in total. The molecule has 0 unspecified atom stereocenters. The van der Waals surface area contributed by atoms with Gasteiger partial charge in [0.1, 0.15) is 30.0 Å². The molecule has 0 saturated heterocycles. The Bertz CT molecular complexity index is 3040. The Hall–Kier alpha value is -6.31. The van der Waals surface area contributed by atoms with Crippen LogP contribution < -0.4 is 14.4 Å². The summed E-state index contributed by atoms with van der Waals surface area (Å²) in [5.74, 6) is 2.32. The Morgan fingerprint density at radius 2 is 1.18 bits per heavy atom. The second-order valence-corrected chi connectivity index (χ2v) is 19.1. The summed E-state index contributed by atoms with van der Waals surface area (Å²) in [7, 11) is -4.90. The van der Waals surface area contributed by atoms with Crippen molar-refractivity contribution >= 4 is 37.3 Å². The highest BCUT2D eigenvalue weighted by Crippen LogP contribution is 2.49. The van der Waals surface area contributed by atoms with E-state index in [2.05, 4.69) is 92.8 Å². The lowest BCUT2D eigenvalue weighted by Crippen LogP contribution is -2.26. The Morgan fingerprint density at radius 3 is 1.85 bits per heavy atom. The van der Waals surface area contributed by atoms with Gasteiger partial charge < -0.3 is 14.4 Å². The summed E-state index contributed by atoms with van der Waals surface area (Å²) in [4.78, 5) is 1.55. The number of ether oxygens (including phenoxy) is 2. The Morgan fingerprint density at radius 1 is 0.607 bits per heavy atom. The molecule has 0 spiro atoms. The zero-order chi connectivity index (χ0) is 43.5. The highest BCUT2D eigenvalue weighted by molar-refractivity contribution is 7.86. The molecule has 0 aliphatic carbocycles. The number of anilines is 1. The van der Waals surface area contributed by atoms with Gasteiger partial charge in [0.05, 0.1) is 15.2 Å². The molecule has 61 heavy (non-hydrogen) atoms. The molecule has 0 atom stereocenters. The number of nitrogens with zero attached hydrogens (tertiary/aromatic N) is 2. The van der Waals surface area contributed by atoms with Crippen LogP contribution in [-0.2, 0) is 31.1 Å². The van der Waals surface area contributed by atoms with Gasteiger partial charge in [-0.2, -0.15) is 21.4 Å². The van der Waals surface area contributed by atoms with Crippen molar-refractivity contribution in [3.8, 4) is 45.3 Å². The monoisotopic (exact) mass is 853 g/mol. The van der Waals surface area contributed by atoms with E-state index in [0.717, 1.165) is 51.0 Å². The summed E-state index contributed by atoms with van der Waals surface area (Å²) in [6, 6.07) is 39.5. The van der Waals surface area contributed by atoms with Crippen LogP contribution in [-0.4, -0.2) is 50.3 Å². The van der Waals surface area contributed by atoms with Gasteiger partial charge in [-0.05, 0) is 103 Å². The topological polar surface area (TPSA) is 133 Å². The van der Waals surface area contributed by atoms with Gasteiger partial charge >= 0.3 is 0 Å². The molecule has 0 fully saturated rings. The molecule has 2 aliphatic heterocycles. The summed E-state index contributed by atoms with van der Waals surface area (Å²) in [6.07, 6.45) is 6.40. The maximum absolute atomic E-state index is 12.1. The summed E-state index contributed by atoms with van der Waals surface area (Å²) in [6.45, 7) is 8.74. The molecule has 6 aromatic carbocycles. The summed E-state index contributed by atoms with van der Waals surface area (Å²) < 4.78 is 81.8. The lowest BCUT2D eigenvalue weighted by molar-refractivity contribution is -0.401. The van der Waals surface area contributed by atoms with Crippen LogP contribution in [0.15, 0.2) is 167 Å². The van der Waals surface area contributed by atoms with Crippen molar-refractivity contribution in [2.24, 2.45) is 0 Å². The number of benzene rings is 6. The van der Waals surface area contributed by atoms with Crippen molar-refractivity contribution in [3.05, 3.63) is 169 Å². The van der Waals surface area contributed by atoms with Gasteiger partial charge in [0, 0.05) is 52.7 Å². The Balaban J connectivity index is 1.04. The first kappa shape index (κ1) is 41.4. The minimum atomic E-state index is -4.57. The van der Waals surface area contributed by atoms with Gasteiger partial charge in [0.15, 0.2) is 5.71 Å². The fourth-order valence-electron chi connectivity index (χ4n) is 8.44. The molecule has 2 aliphatic rings. The second kappa shape index (κ2) is 15.3. The third-order valence-electron chi connectivity index (χ3n) is 11.7. The van der Waals surface area contributed by atoms with Gasteiger partial charge in [-0.15, -0.1) is 0 Å². The van der Waals surface area contributed by atoms with Crippen LogP contribution in [0, 0.1) is 0 Å². The number of fused-ring (bicyclic) bond motifs is 2. The summed E-state index contributed by atoms with van der Waals surface area (Å²) in [5.41, 5.74) is 8.55. The van der Waals surface area contributed by atoms with Crippen molar-refractivity contribution in [1.82, 2.24) is 0 Å². The number of hydrogen-bond donors (Lipinski definition) is 2. The van der Waals surface area contributed by atoms with Crippen LogP contribution >= 0.6 is 0 Å². The predicted molar refractivity (Wildman–Crippen MR) is 239 cm³/mol. The van der Waals surface area contributed by atoms with Crippen molar-refractivity contribution < 1.29 is 40.0 Å². The number of hydrogen-bond acceptors (Lipinski definition) is 7. The fourth-order valence-corrected chi connectivity index (χ4v) is 9.43. The van der Waals surface area contributed by atoms with Crippen molar-refractivity contribution in [2.75, 3.05) is 19.0 Å². The van der Waals surface area contributed by atoms with Gasteiger partial charge in [-0.25, -0.2) is 0 Å². The molecule has 8 rings (SSSR count). The number of allylic oxidation sites excluding steroid dienone is 4. The summed E-state index contributed by atoms with van der Waals surface area (Å²) >= 11 is 0. The minimum absolute atomic E-state index is 0.270. The van der Waals surface area contributed by atoms with Gasteiger partial charge in [0.25, 0.3) is 20.2 Å². The van der Waals surface area contributed by atoms with Crippen LogP contribution in [0.5, 0.6) is 23.0 Å². The van der Waals surface area contributed by atoms with Crippen LogP contribution in [0.1, 0.15) is 38.8 Å². The Kier molecular flexibility index (Phi) is 10.4. The average Bonchev–Trinajstić information content (AvgIpc) is 3.53. The van der Waals surface area contributed by atoms with E-state index < -0.39 is 25.7 Å². The molecule has 0 bridgehead atoms. The lowest BCUT2D eigenvalue weighted by atomic mass is 9.81. The average molecular weight is 854 g/mol. The quantitative estimate of drug-likeness (QED) is 0.102. The number of likely N-dealkylation sites (N-methyl/N-ethyl adjacent to an activating group) is 1. The molecule has 2 heterocycles. The van der Waals surface area contributed by atoms with Gasteiger partial charge in [-0.1, -0.05) is 80.6 Å². The smallest absolute Gasteiger partial charge is 0.294 e. The van der Waals surface area contributed by atoms with Crippen molar-refractivity contribution in [1.29, 1.82) is 0 Å². The van der Waals surface area contributed by atoms with Crippen LogP contribution in [0.2, 0.25) is 0 Å². The van der Waals surface area contributed by atoms with E-state index in [-0.39, 0.29) is 26.5 Å². The van der Waals surface area contributed by atoms with E-state index in [1.807, 2.05) is 67.7 Å². The lowest BCUT2D eigenvalue weighted by Gasteiger charge is -2.24. The van der Waals surface area contributed by atoms with Crippen LogP contribution in [0.4, 0.5) is 11.4 Å². The highest BCUT2D eigenvalue weighted by atomic mass is 32.2. The Labute approximate surface area is 356 Å². The molecular weight excluding hydrogens is 809 g/mol. The number of rotatable bonds is 10. The first-order valence-corrected chi connectivity index (χ1v) is 22.4. The maximum atomic E-state index is 12.1. The van der Waals surface area contributed by atoms with Crippen LogP contribution in [0.3, 0.4) is 0 Å². The zero-order valence-corrected chi connectivity index (χ0v) is 36.1. The second-order valence-electron chi connectivity index (χ2n) is 16.2. The molecule has 0 amide bonds. The van der Waals surface area contributed by atoms with Gasteiger partial charge in [-0.3, -0.25) is 9.11 Å². The predicted octanol–water partition coefficient (Wildman–Crippen LogP) is 11.0. The number of para-hydroxylation sites is 1. The third kappa shape index (κ3) is 7.79. The normalized spacial score (nSPS) is 16.3. The molecule has 12 heteroatoms. The summed E-state index contributed by atoms with van der Waals surface area (Å²) in [5, 5.41) is 0. The molecular formula is C49H45N2O8S2+. The first-order valence-electron chi connectivity index (χ1n) is 19.6. The molecule has 0 radical (unpaired) electrons. The third-order valence-corrected chi connectivity index (χ3v) is 13.4. The van der Waals surface area contributed by atoms with Crippen LogP contribution in [0.25, 0.3) is 22.3 Å². The maximum Gasteiger partial charge on any atom is 0.294 e. The fraction of sp³-hybridized carbons (Fsp3) is 0.163. The van der Waals surface area contributed by atoms with E-state index in [9.17, 15) is 25.9 Å². The zero-order valence-electron chi connectivity index (χ0n) is 34.5. The molecule has 10 nitrogen and oxygen atoms in total. The molecule has 0 aromatic heterocycles. The molecule has 310 valence electrons. The first-order chi connectivity index (χ1) is 28.8. The largest absolute Gasteiger partial charge is 0.457 e.